The number of nitrogens with one attached hydrogen (secondary N) is 4. The van der Waals surface area contributed by atoms with Crippen LogP contribution in [0.3, 0.4) is 0 Å². The van der Waals surface area contributed by atoms with Crippen LogP contribution in [0.15, 0.2) is 39.5 Å². The van der Waals surface area contributed by atoms with Crippen LogP contribution in [0.1, 0.15) is 25.2 Å². The van der Waals surface area contributed by atoms with Crippen molar-refractivity contribution in [1.29, 1.82) is 5.41 Å². The van der Waals surface area contributed by atoms with Gasteiger partial charge in [0, 0.05) is 18.7 Å². The summed E-state index contributed by atoms with van der Waals surface area (Å²) in [6.07, 6.45) is 0.448. The largest absolute Gasteiger partial charge is 0.494 e. The van der Waals surface area contributed by atoms with Gasteiger partial charge in [-0.3, -0.25) is 25.1 Å². The zero-order valence-corrected chi connectivity index (χ0v) is 23.0. The molecule has 1 aliphatic rings. The van der Waals surface area contributed by atoms with E-state index >= 15 is 0 Å². The summed E-state index contributed by atoms with van der Waals surface area (Å²) in [4.78, 5) is 45.3. The lowest BCUT2D eigenvalue weighted by atomic mass is 10.1. The number of ether oxygens (including phenoxy) is 1. The first-order chi connectivity index (χ1) is 19.9. The Kier molecular flexibility index (Phi) is 10.8. The van der Waals surface area contributed by atoms with Crippen molar-refractivity contribution in [1.82, 2.24) is 25.7 Å². The van der Waals surface area contributed by atoms with E-state index in [9.17, 15) is 14.4 Å². The highest BCUT2D eigenvalue weighted by Gasteiger charge is 2.27. The zero-order chi connectivity index (χ0) is 30.9. The molecule has 226 valence electrons. The fourth-order valence-corrected chi connectivity index (χ4v) is 4.29. The van der Waals surface area contributed by atoms with Gasteiger partial charge in [-0.25, -0.2) is 0 Å². The van der Waals surface area contributed by atoms with Crippen LogP contribution in [0.25, 0.3) is 11.4 Å². The topological polar surface area (TPSA) is 262 Å². The summed E-state index contributed by atoms with van der Waals surface area (Å²) < 4.78 is 10.8. The molecule has 17 heteroatoms. The van der Waals surface area contributed by atoms with E-state index < -0.39 is 23.6 Å². The van der Waals surface area contributed by atoms with Gasteiger partial charge in [0.25, 0.3) is 5.91 Å². The van der Waals surface area contributed by atoms with Crippen LogP contribution < -0.4 is 26.4 Å². The Labute approximate surface area is 239 Å². The molecule has 9 N–H and O–H groups in total. The monoisotopic (exact) mass is 587 g/mol. The third kappa shape index (κ3) is 8.90. The lowest BCUT2D eigenvalue weighted by Gasteiger charge is -2.19. The maximum atomic E-state index is 12.4. The van der Waals surface area contributed by atoms with Crippen LogP contribution in [-0.2, 0) is 20.8 Å². The summed E-state index contributed by atoms with van der Waals surface area (Å²) >= 11 is 0. The van der Waals surface area contributed by atoms with Gasteiger partial charge in [0.1, 0.15) is 18.0 Å². The maximum Gasteiger partial charge on any atom is 0.369 e. The third-order valence-corrected chi connectivity index (χ3v) is 6.25. The fourth-order valence-electron chi connectivity index (χ4n) is 4.29. The first-order valence-electron chi connectivity index (χ1n) is 12.7. The number of para-hydroxylation sites is 1. The van der Waals surface area contributed by atoms with Crippen LogP contribution in [-0.4, -0.2) is 99.5 Å². The normalized spacial score (nSPS) is 16.2. The number of amides is 3. The molecule has 1 saturated heterocycles. The van der Waals surface area contributed by atoms with Crippen molar-refractivity contribution >= 4 is 35.5 Å². The maximum absolute atomic E-state index is 12.4. The highest BCUT2D eigenvalue weighted by Crippen LogP contribution is 2.36. The van der Waals surface area contributed by atoms with Crippen molar-refractivity contribution in [3.63, 3.8) is 0 Å². The third-order valence-electron chi connectivity index (χ3n) is 6.25. The fraction of sp³-hybridized carbons (Fsp3) is 0.400. The second-order valence-corrected chi connectivity index (χ2v) is 9.30. The van der Waals surface area contributed by atoms with Gasteiger partial charge in [-0.2, -0.15) is 9.98 Å². The van der Waals surface area contributed by atoms with Crippen LogP contribution in [0.4, 0.5) is 5.69 Å². The van der Waals surface area contributed by atoms with E-state index in [0.717, 1.165) is 31.9 Å². The molecular weight excluding hydrogens is 554 g/mol. The van der Waals surface area contributed by atoms with E-state index in [4.69, 9.17) is 35.7 Å². The molecule has 0 aliphatic carbocycles. The molecule has 2 heterocycles. The number of aliphatic imine (C=N–C) groups is 1. The number of carbonyl (C=O) groups excluding carboxylic acids is 3. The summed E-state index contributed by atoms with van der Waals surface area (Å²) in [5.41, 5.74) is 4.80. The number of nitrogens with two attached hydrogens (primary N) is 1. The van der Waals surface area contributed by atoms with Gasteiger partial charge >= 0.3 is 6.10 Å². The van der Waals surface area contributed by atoms with Crippen molar-refractivity contribution in [3.8, 4) is 17.1 Å². The number of amidine groups is 1. The molecule has 1 aliphatic heterocycles. The van der Waals surface area contributed by atoms with Gasteiger partial charge in [-0.05, 0) is 45.0 Å². The zero-order valence-electron chi connectivity index (χ0n) is 23.0. The summed E-state index contributed by atoms with van der Waals surface area (Å²) in [6, 6.07) is 5.10. The standard InChI is InChI=1S/C25H33N9O8/c1-34-10-4-5-14(34)8-9-28-19(36)12-20-31-23(33-42-20)15-6-3-7-16(22(15)41-2)30-17(11-18(26)29-13-35)21(27)24(37)32-25(38,39)40/h3,6-7,11,13-14,27,30,38-40H,4-5,8-10,12H2,1-2H3,(H,28,36)(H,32,37)(H2,26,29,35)/b17-11+,27-21?. The van der Waals surface area contributed by atoms with Gasteiger partial charge in [-0.15, -0.1) is 0 Å². The SMILES string of the molecule is COc1c(N/C(=C/C(N)=NC=O)C(=N)C(=O)NC(O)(O)O)cccc1-c1noc(CC(=O)NCCC2CCCN2C)n1. The van der Waals surface area contributed by atoms with E-state index in [1.807, 2.05) is 0 Å². The number of carbonyl (C=O) groups is 3. The second kappa shape index (κ2) is 14.3. The molecule has 1 unspecified atom stereocenters. The number of hydrogen-bond acceptors (Lipinski definition) is 13. The van der Waals surface area contributed by atoms with Crippen LogP contribution in [0.2, 0.25) is 0 Å². The predicted octanol–water partition coefficient (Wildman–Crippen LogP) is -1.58. The molecule has 1 atom stereocenters. The summed E-state index contributed by atoms with van der Waals surface area (Å²) in [5.74, 6) is -1.82. The molecule has 1 aromatic heterocycles. The number of nitrogens with zero attached hydrogens (tertiary/aromatic N) is 4. The van der Waals surface area contributed by atoms with E-state index in [0.29, 0.717) is 18.2 Å². The average molecular weight is 588 g/mol. The lowest BCUT2D eigenvalue weighted by Crippen LogP contribution is -2.51. The number of methoxy groups -OCH3 is 1. The minimum Gasteiger partial charge on any atom is -0.494 e. The number of aromatic nitrogens is 2. The van der Waals surface area contributed by atoms with E-state index in [1.165, 1.54) is 18.5 Å². The Morgan fingerprint density at radius 3 is 2.76 bits per heavy atom. The van der Waals surface area contributed by atoms with Crippen molar-refractivity contribution in [2.45, 2.75) is 37.8 Å². The number of hydrogen-bond donors (Lipinski definition) is 8. The number of likely N-dealkylation sites (tertiary alicyclic amines) is 1. The molecule has 0 saturated carbocycles. The molecule has 0 radical (unpaired) electrons. The summed E-state index contributed by atoms with van der Waals surface area (Å²) in [7, 11) is 3.41. The molecule has 0 bridgehead atoms. The number of aliphatic hydroxyl groups is 3. The van der Waals surface area contributed by atoms with Gasteiger partial charge in [0.2, 0.25) is 24.0 Å². The van der Waals surface area contributed by atoms with Gasteiger partial charge < -0.3 is 45.8 Å². The number of benzene rings is 1. The summed E-state index contributed by atoms with van der Waals surface area (Å²) in [6.45, 7) is 1.58. The lowest BCUT2D eigenvalue weighted by molar-refractivity contribution is -0.325. The number of anilines is 1. The minimum absolute atomic E-state index is 0.0678. The molecule has 3 rings (SSSR count). The first kappa shape index (κ1) is 31.8. The van der Waals surface area contributed by atoms with Gasteiger partial charge in [0.15, 0.2) is 5.75 Å². The Bertz CT molecular complexity index is 1370. The highest BCUT2D eigenvalue weighted by atomic mass is 16.7. The van der Waals surface area contributed by atoms with Crippen molar-refractivity contribution < 1.29 is 39.0 Å². The van der Waals surface area contributed by atoms with E-state index in [-0.39, 0.29) is 47.6 Å². The first-order valence-corrected chi connectivity index (χ1v) is 12.7. The van der Waals surface area contributed by atoms with Crippen molar-refractivity contribution in [3.05, 3.63) is 35.9 Å². The molecule has 2 aromatic rings. The molecule has 1 aromatic carbocycles. The van der Waals surface area contributed by atoms with E-state index in [1.54, 1.807) is 12.1 Å². The Balaban J connectivity index is 1.78. The molecular formula is C25H33N9O8. The Morgan fingerprint density at radius 1 is 1.36 bits per heavy atom. The molecule has 0 spiro atoms. The van der Waals surface area contributed by atoms with Crippen LogP contribution in [0.5, 0.6) is 5.75 Å². The quantitative estimate of drug-likeness (QED) is 0.0538. The molecule has 17 nitrogen and oxygen atoms in total. The Morgan fingerprint density at radius 2 is 2.12 bits per heavy atom. The average Bonchev–Trinajstić information content (AvgIpc) is 3.55. The minimum atomic E-state index is -3.60. The van der Waals surface area contributed by atoms with Gasteiger partial charge in [-0.1, -0.05) is 11.2 Å². The van der Waals surface area contributed by atoms with Gasteiger partial charge in [0.05, 0.1) is 24.1 Å². The molecule has 1 fully saturated rings. The van der Waals surface area contributed by atoms with E-state index in [2.05, 4.69) is 37.7 Å². The van der Waals surface area contributed by atoms with Crippen LogP contribution >= 0.6 is 0 Å². The molecule has 42 heavy (non-hydrogen) atoms. The second-order valence-electron chi connectivity index (χ2n) is 9.30. The van der Waals surface area contributed by atoms with Crippen molar-refractivity contribution in [2.24, 2.45) is 10.7 Å². The smallest absolute Gasteiger partial charge is 0.369 e. The highest BCUT2D eigenvalue weighted by molar-refractivity contribution is 6.45. The predicted molar refractivity (Wildman–Crippen MR) is 148 cm³/mol. The van der Waals surface area contributed by atoms with Crippen LogP contribution in [0, 0.1) is 5.41 Å². The Hall–Kier alpha value is -4.71. The van der Waals surface area contributed by atoms with Crippen molar-refractivity contribution in [2.75, 3.05) is 32.6 Å². The number of rotatable bonds is 14. The summed E-state index contributed by atoms with van der Waals surface area (Å²) in [5, 5.41) is 46.2. The molecule has 3 amide bonds.